The average molecular weight is 1050 g/mol. The Morgan fingerprint density at radius 3 is 2.08 bits per heavy atom. The van der Waals surface area contributed by atoms with Crippen molar-refractivity contribution in [3.05, 3.63) is 59.1 Å². The number of carbonyl (C=O) groups is 3. The monoisotopic (exact) mass is 1050 g/mol. The summed E-state index contributed by atoms with van der Waals surface area (Å²) in [5.74, 6) is -4.12. The lowest BCUT2D eigenvalue weighted by atomic mass is 9.73. The Kier molecular flexibility index (Phi) is 19.6. The third kappa shape index (κ3) is 12.0. The van der Waals surface area contributed by atoms with E-state index >= 15 is 9.59 Å². The van der Waals surface area contributed by atoms with Crippen LogP contribution in [-0.2, 0) is 53.9 Å². The SMILES string of the molecule is C=CCC1CCC(CC=C)N1C1CC(C)OC(OC2C(C)C(OC3CC(C)(OC)C(O)C(C)O3)C(C)C(=O)OC(CC)C3(C)OC(=O)N(CCc4ccc(Cl)c(Cl)c4)C3C(C)C(=O)C(C)CC2(C)OC)C1O. The summed E-state index contributed by atoms with van der Waals surface area (Å²) < 4.78 is 52.4. The normalized spacial score (nSPS) is 42.6. The predicted octanol–water partition coefficient (Wildman–Crippen LogP) is 8.88. The van der Waals surface area contributed by atoms with Gasteiger partial charge < -0.3 is 48.1 Å². The topological polar surface area (TPSA) is 172 Å². The second kappa shape index (κ2) is 24.1. The Labute approximate surface area is 438 Å². The lowest BCUT2D eigenvalue weighted by Crippen LogP contribution is -2.63. The molecule has 1 aromatic carbocycles. The quantitative estimate of drug-likeness (QED) is 0.126. The second-order valence-corrected chi connectivity index (χ2v) is 22.9. The number of nitrogens with zero attached hydrogens (tertiary/aromatic N) is 2. The zero-order valence-electron chi connectivity index (χ0n) is 44.7. The van der Waals surface area contributed by atoms with E-state index in [1.807, 2.05) is 52.8 Å². The van der Waals surface area contributed by atoms with Crippen molar-refractivity contribution < 1.29 is 62.5 Å². The van der Waals surface area contributed by atoms with E-state index in [2.05, 4.69) is 18.1 Å². The van der Waals surface area contributed by atoms with Gasteiger partial charge in [-0.25, -0.2) is 4.79 Å². The van der Waals surface area contributed by atoms with Crippen LogP contribution < -0.4 is 0 Å². The van der Waals surface area contributed by atoms with Gasteiger partial charge in [0.1, 0.15) is 24.1 Å². The Morgan fingerprint density at radius 2 is 1.50 bits per heavy atom. The van der Waals surface area contributed by atoms with E-state index in [-0.39, 0.29) is 55.8 Å². The molecule has 0 aliphatic carbocycles. The number of Topliss-reactive ketones (excluding diaryl/α,β-unsaturated/α-hetero) is 1. The van der Waals surface area contributed by atoms with Crippen LogP contribution in [0.2, 0.25) is 10.0 Å². The summed E-state index contributed by atoms with van der Waals surface area (Å²) in [5.41, 5.74) is -3.02. The fourth-order valence-corrected chi connectivity index (χ4v) is 13.3. The van der Waals surface area contributed by atoms with Gasteiger partial charge in [0.2, 0.25) is 0 Å². The number of methoxy groups -OCH3 is 2. The highest BCUT2D eigenvalue weighted by Crippen LogP contribution is 2.46. The van der Waals surface area contributed by atoms with Gasteiger partial charge in [0.05, 0.1) is 57.6 Å². The number of rotatable bonds is 15. The van der Waals surface area contributed by atoms with Gasteiger partial charge in [-0.2, -0.15) is 0 Å². The molecule has 0 saturated carbocycles. The number of ether oxygens (including phenoxy) is 8. The molecule has 1 amide bonds. The first-order valence-electron chi connectivity index (χ1n) is 26.2. The number of aliphatic hydroxyl groups excluding tert-OH is 2. The minimum atomic E-state index is -1.47. The van der Waals surface area contributed by atoms with Crippen LogP contribution in [0.4, 0.5) is 4.79 Å². The molecule has 0 bridgehead atoms. The smallest absolute Gasteiger partial charge is 0.410 e. The largest absolute Gasteiger partial charge is 0.458 e. The Bertz CT molecular complexity index is 2050. The van der Waals surface area contributed by atoms with Gasteiger partial charge >= 0.3 is 12.1 Å². The molecule has 6 rings (SSSR count). The molecule has 406 valence electrons. The van der Waals surface area contributed by atoms with E-state index in [4.69, 9.17) is 61.1 Å². The molecule has 5 fully saturated rings. The third-order valence-corrected chi connectivity index (χ3v) is 17.8. The summed E-state index contributed by atoms with van der Waals surface area (Å²) in [6, 6.07) is 4.38. The molecule has 20 atom stereocenters. The molecule has 0 aromatic heterocycles. The minimum absolute atomic E-state index is 0.110. The maximum atomic E-state index is 15.2. The minimum Gasteiger partial charge on any atom is -0.458 e. The average Bonchev–Trinajstić information content (AvgIpc) is 3.85. The van der Waals surface area contributed by atoms with Gasteiger partial charge in [0.15, 0.2) is 18.2 Å². The van der Waals surface area contributed by atoms with Crippen LogP contribution in [-0.4, -0.2) is 155 Å². The van der Waals surface area contributed by atoms with Gasteiger partial charge in [-0.15, -0.1) is 13.2 Å². The van der Waals surface area contributed by atoms with Crippen LogP contribution in [0, 0.1) is 23.7 Å². The number of likely N-dealkylation sites (tertiary alicyclic amines) is 1. The lowest BCUT2D eigenvalue weighted by Gasteiger charge is -2.50. The summed E-state index contributed by atoms with van der Waals surface area (Å²) in [6.45, 7) is 26.5. The lowest BCUT2D eigenvalue weighted by molar-refractivity contribution is -0.320. The standard InChI is InChI=1S/C55H84Cl2N2O13/c1-15-18-37-21-22-38(19-16-2)59(37)41-26-31(5)67-51(45(41)61)71-49-33(7)46(70-43-29-53(10,65-13)48(62)35(9)68-43)34(8)50(63)69-42(17-3)55(12)47(32(6)44(60)30(4)28-54(49,11)66-14)58(52(64)72-55)25-24-36-20-23-39(56)40(57)27-36/h15-16,20,23,27,30-35,37-38,41-43,45-49,51,61-62H,1-2,17-19,21-22,24-26,28-29H2,3-14H3. The van der Waals surface area contributed by atoms with Crippen molar-refractivity contribution in [2.45, 2.75) is 223 Å². The number of ketones is 1. The van der Waals surface area contributed by atoms with Crippen LogP contribution in [0.5, 0.6) is 0 Å². The van der Waals surface area contributed by atoms with Crippen molar-refractivity contribution in [1.82, 2.24) is 9.80 Å². The van der Waals surface area contributed by atoms with Crippen LogP contribution >= 0.6 is 23.2 Å². The number of aliphatic hydroxyl groups is 2. The zero-order chi connectivity index (χ0) is 53.2. The van der Waals surface area contributed by atoms with Crippen molar-refractivity contribution in [3.63, 3.8) is 0 Å². The zero-order valence-corrected chi connectivity index (χ0v) is 46.2. The predicted molar refractivity (Wildman–Crippen MR) is 275 cm³/mol. The molecule has 5 heterocycles. The van der Waals surface area contributed by atoms with E-state index in [0.29, 0.717) is 22.9 Å². The first-order valence-corrected chi connectivity index (χ1v) is 26.9. The number of halogens is 2. The highest BCUT2D eigenvalue weighted by Gasteiger charge is 2.61. The van der Waals surface area contributed by atoms with E-state index in [1.165, 1.54) is 7.11 Å². The summed E-state index contributed by atoms with van der Waals surface area (Å²) in [7, 11) is 3.08. The van der Waals surface area contributed by atoms with Crippen molar-refractivity contribution >= 4 is 41.0 Å². The highest BCUT2D eigenvalue weighted by molar-refractivity contribution is 6.42. The fourth-order valence-electron chi connectivity index (χ4n) is 13.0. The number of cyclic esters (lactones) is 1. The molecule has 0 spiro atoms. The molecule has 15 nitrogen and oxygen atoms in total. The summed E-state index contributed by atoms with van der Waals surface area (Å²) in [5, 5.41) is 24.6. The fraction of sp³-hybridized carbons (Fsp3) is 0.764. The highest BCUT2D eigenvalue weighted by atomic mass is 35.5. The molecule has 0 radical (unpaired) electrons. The van der Waals surface area contributed by atoms with E-state index in [1.54, 1.807) is 58.8 Å². The summed E-state index contributed by atoms with van der Waals surface area (Å²) in [4.78, 5) is 48.5. The summed E-state index contributed by atoms with van der Waals surface area (Å²) in [6.07, 6.45) is -0.331. The van der Waals surface area contributed by atoms with Gasteiger partial charge in [-0.05, 0) is 111 Å². The molecule has 72 heavy (non-hydrogen) atoms. The van der Waals surface area contributed by atoms with Gasteiger partial charge in [-0.1, -0.05) is 69.1 Å². The molecule has 5 saturated heterocycles. The molecular formula is C55H84Cl2N2O13. The summed E-state index contributed by atoms with van der Waals surface area (Å²) >= 11 is 12.6. The second-order valence-electron chi connectivity index (χ2n) is 22.1. The number of esters is 1. The van der Waals surface area contributed by atoms with Gasteiger partial charge in [0, 0.05) is 63.1 Å². The molecule has 5 aliphatic heterocycles. The molecular weight excluding hydrogens is 968 g/mol. The van der Waals surface area contributed by atoms with Crippen molar-refractivity contribution in [1.29, 1.82) is 0 Å². The van der Waals surface area contributed by atoms with E-state index < -0.39 is 108 Å². The number of amides is 1. The first kappa shape index (κ1) is 58.6. The third-order valence-electron chi connectivity index (χ3n) is 17.0. The Balaban J connectivity index is 1.45. The maximum Gasteiger partial charge on any atom is 0.410 e. The number of hydrogen-bond donors (Lipinski definition) is 2. The van der Waals surface area contributed by atoms with Crippen LogP contribution in [0.15, 0.2) is 43.5 Å². The van der Waals surface area contributed by atoms with Crippen molar-refractivity contribution in [2.75, 3.05) is 20.8 Å². The maximum absolute atomic E-state index is 15.2. The van der Waals surface area contributed by atoms with Crippen LogP contribution in [0.3, 0.4) is 0 Å². The van der Waals surface area contributed by atoms with E-state index in [0.717, 1.165) is 31.2 Å². The van der Waals surface area contributed by atoms with Crippen molar-refractivity contribution in [2.24, 2.45) is 23.7 Å². The number of carbonyl (C=O) groups excluding carboxylic acids is 3. The Morgan fingerprint density at radius 1 is 0.861 bits per heavy atom. The molecule has 5 aliphatic rings. The van der Waals surface area contributed by atoms with Crippen molar-refractivity contribution in [3.8, 4) is 0 Å². The van der Waals surface area contributed by atoms with Crippen LogP contribution in [0.1, 0.15) is 126 Å². The van der Waals surface area contributed by atoms with Gasteiger partial charge in [0.25, 0.3) is 0 Å². The number of benzene rings is 1. The Hall–Kier alpha value is -2.67. The van der Waals surface area contributed by atoms with Crippen LogP contribution in [0.25, 0.3) is 0 Å². The number of hydrogen-bond acceptors (Lipinski definition) is 14. The number of fused-ring (bicyclic) bond motifs is 1. The van der Waals surface area contributed by atoms with Gasteiger partial charge in [-0.3, -0.25) is 19.4 Å². The molecule has 17 heteroatoms. The molecule has 1 aromatic rings. The first-order chi connectivity index (χ1) is 33.9. The van der Waals surface area contributed by atoms with E-state index in [9.17, 15) is 15.0 Å². The molecule has 2 N–H and O–H groups in total. The molecule has 20 unspecified atom stereocenters.